The average Bonchev–Trinajstić information content (AvgIpc) is 2.38. The van der Waals surface area contributed by atoms with Crippen LogP contribution < -0.4 is 5.32 Å². The van der Waals surface area contributed by atoms with Crippen LogP contribution >= 0.6 is 0 Å². The van der Waals surface area contributed by atoms with Gasteiger partial charge in [-0.25, -0.2) is 0 Å². The zero-order valence-corrected chi connectivity index (χ0v) is 10.6. The van der Waals surface area contributed by atoms with Crippen LogP contribution in [-0.4, -0.2) is 44.2 Å². The summed E-state index contributed by atoms with van der Waals surface area (Å²) >= 11 is 0. The summed E-state index contributed by atoms with van der Waals surface area (Å²) in [7, 11) is 0. The van der Waals surface area contributed by atoms with Crippen LogP contribution in [0.15, 0.2) is 24.3 Å². The number of benzene rings is 1. The van der Waals surface area contributed by atoms with Gasteiger partial charge in [-0.3, -0.25) is 4.90 Å². The summed E-state index contributed by atoms with van der Waals surface area (Å²) in [4.78, 5) is 2.45. The number of piperazine rings is 1. The van der Waals surface area contributed by atoms with Crippen LogP contribution in [0.5, 0.6) is 0 Å². The van der Waals surface area contributed by atoms with E-state index in [1.807, 2.05) is 0 Å². The molecule has 1 aromatic rings. The largest absolute Gasteiger partial charge is 0.375 e. The Morgan fingerprint density at radius 1 is 1.24 bits per heavy atom. The van der Waals surface area contributed by atoms with Crippen molar-refractivity contribution >= 4 is 0 Å². The second-order valence-electron chi connectivity index (χ2n) is 4.57. The fourth-order valence-corrected chi connectivity index (χ4v) is 2.08. The lowest BCUT2D eigenvalue weighted by Crippen LogP contribution is -2.44. The molecule has 2 rings (SSSR count). The molecule has 1 heterocycles. The highest BCUT2D eigenvalue weighted by molar-refractivity contribution is 5.24. The Morgan fingerprint density at radius 3 is 2.76 bits per heavy atom. The maximum absolute atomic E-state index is 5.74. The highest BCUT2D eigenvalue weighted by atomic mass is 16.5. The lowest BCUT2D eigenvalue weighted by atomic mass is 10.1. The van der Waals surface area contributed by atoms with E-state index < -0.39 is 0 Å². The zero-order valence-electron chi connectivity index (χ0n) is 10.6. The Morgan fingerprint density at radius 2 is 2.00 bits per heavy atom. The molecule has 1 N–H and O–H groups in total. The van der Waals surface area contributed by atoms with Gasteiger partial charge in [0.1, 0.15) is 0 Å². The first-order valence-electron chi connectivity index (χ1n) is 6.41. The van der Waals surface area contributed by atoms with Crippen molar-refractivity contribution in [2.24, 2.45) is 0 Å². The summed E-state index contributed by atoms with van der Waals surface area (Å²) in [6.45, 7) is 9.26. The van der Waals surface area contributed by atoms with Crippen molar-refractivity contribution in [3.63, 3.8) is 0 Å². The first kappa shape index (κ1) is 12.6. The van der Waals surface area contributed by atoms with Gasteiger partial charge in [0.15, 0.2) is 0 Å². The van der Waals surface area contributed by atoms with E-state index in [4.69, 9.17) is 4.74 Å². The molecule has 0 bridgehead atoms. The zero-order chi connectivity index (χ0) is 11.9. The lowest BCUT2D eigenvalue weighted by molar-refractivity contribution is 0.0883. The molecule has 1 saturated heterocycles. The second-order valence-corrected chi connectivity index (χ2v) is 4.57. The van der Waals surface area contributed by atoms with Gasteiger partial charge in [-0.15, -0.1) is 0 Å². The maximum atomic E-state index is 5.74. The minimum absolute atomic E-state index is 0.735. The Labute approximate surface area is 104 Å². The molecule has 3 heteroatoms. The number of nitrogens with zero attached hydrogens (tertiary/aromatic N) is 1. The topological polar surface area (TPSA) is 24.5 Å². The summed E-state index contributed by atoms with van der Waals surface area (Å²) in [5.41, 5.74) is 2.61. The smallest absolute Gasteiger partial charge is 0.0720 e. The Kier molecular flexibility index (Phi) is 4.98. The van der Waals surface area contributed by atoms with E-state index in [0.717, 1.165) is 45.9 Å². The van der Waals surface area contributed by atoms with Crippen molar-refractivity contribution in [2.75, 3.05) is 39.3 Å². The summed E-state index contributed by atoms with van der Waals surface area (Å²) in [5.74, 6) is 0. The van der Waals surface area contributed by atoms with Gasteiger partial charge in [-0.2, -0.15) is 0 Å². The third-order valence-electron chi connectivity index (χ3n) is 3.28. The Balaban J connectivity index is 1.64. The van der Waals surface area contributed by atoms with Crippen LogP contribution in [0.2, 0.25) is 0 Å². The molecule has 0 aliphatic carbocycles. The predicted octanol–water partition coefficient (Wildman–Crippen LogP) is 1.42. The summed E-state index contributed by atoms with van der Waals surface area (Å²) in [5, 5.41) is 3.36. The number of ether oxygens (including phenoxy) is 1. The van der Waals surface area contributed by atoms with Crippen molar-refractivity contribution in [2.45, 2.75) is 13.5 Å². The van der Waals surface area contributed by atoms with Crippen LogP contribution in [-0.2, 0) is 11.3 Å². The standard InChI is InChI=1S/C14H22N2O/c1-13-4-2-3-5-14(13)12-17-11-10-16-8-6-15-7-9-16/h2-5,15H,6-12H2,1H3. The maximum Gasteiger partial charge on any atom is 0.0720 e. The molecule has 0 aromatic heterocycles. The van der Waals surface area contributed by atoms with E-state index >= 15 is 0 Å². The molecule has 1 fully saturated rings. The fourth-order valence-electron chi connectivity index (χ4n) is 2.08. The van der Waals surface area contributed by atoms with E-state index in [1.165, 1.54) is 11.1 Å². The van der Waals surface area contributed by atoms with E-state index in [-0.39, 0.29) is 0 Å². The van der Waals surface area contributed by atoms with E-state index in [2.05, 4.69) is 41.4 Å². The van der Waals surface area contributed by atoms with Crippen LogP contribution in [0.3, 0.4) is 0 Å². The molecule has 0 radical (unpaired) electrons. The van der Waals surface area contributed by atoms with Crippen molar-refractivity contribution in [3.8, 4) is 0 Å². The van der Waals surface area contributed by atoms with Gasteiger partial charge < -0.3 is 10.1 Å². The van der Waals surface area contributed by atoms with E-state index in [0.29, 0.717) is 0 Å². The molecule has 0 atom stereocenters. The van der Waals surface area contributed by atoms with Gasteiger partial charge in [0.2, 0.25) is 0 Å². The highest BCUT2D eigenvalue weighted by Crippen LogP contribution is 2.08. The highest BCUT2D eigenvalue weighted by Gasteiger charge is 2.08. The lowest BCUT2D eigenvalue weighted by Gasteiger charge is -2.26. The van der Waals surface area contributed by atoms with Crippen molar-refractivity contribution < 1.29 is 4.74 Å². The van der Waals surface area contributed by atoms with Crippen molar-refractivity contribution in [3.05, 3.63) is 35.4 Å². The number of nitrogens with one attached hydrogen (secondary N) is 1. The number of rotatable bonds is 5. The summed E-state index contributed by atoms with van der Waals surface area (Å²) < 4.78 is 5.74. The molecule has 0 amide bonds. The molecule has 3 nitrogen and oxygen atoms in total. The molecular weight excluding hydrogens is 212 g/mol. The first-order valence-corrected chi connectivity index (χ1v) is 6.41. The molecule has 94 valence electrons. The van der Waals surface area contributed by atoms with Gasteiger partial charge in [-0.05, 0) is 18.1 Å². The van der Waals surface area contributed by atoms with Crippen molar-refractivity contribution in [1.82, 2.24) is 10.2 Å². The minimum Gasteiger partial charge on any atom is -0.375 e. The van der Waals surface area contributed by atoms with Gasteiger partial charge in [0, 0.05) is 32.7 Å². The van der Waals surface area contributed by atoms with Crippen LogP contribution in [0.1, 0.15) is 11.1 Å². The third kappa shape index (κ3) is 4.11. The molecule has 1 aliphatic heterocycles. The molecule has 1 aliphatic rings. The van der Waals surface area contributed by atoms with E-state index in [1.54, 1.807) is 0 Å². The normalized spacial score (nSPS) is 17.2. The summed E-state index contributed by atoms with van der Waals surface area (Å²) in [6, 6.07) is 8.41. The first-order chi connectivity index (χ1) is 8.36. The molecule has 17 heavy (non-hydrogen) atoms. The van der Waals surface area contributed by atoms with Gasteiger partial charge in [0.25, 0.3) is 0 Å². The molecule has 0 saturated carbocycles. The van der Waals surface area contributed by atoms with Gasteiger partial charge >= 0.3 is 0 Å². The number of hydrogen-bond donors (Lipinski definition) is 1. The fraction of sp³-hybridized carbons (Fsp3) is 0.571. The Hall–Kier alpha value is -0.900. The van der Waals surface area contributed by atoms with Crippen LogP contribution in [0.25, 0.3) is 0 Å². The van der Waals surface area contributed by atoms with Crippen LogP contribution in [0.4, 0.5) is 0 Å². The molecule has 0 unspecified atom stereocenters. The van der Waals surface area contributed by atoms with Crippen molar-refractivity contribution in [1.29, 1.82) is 0 Å². The minimum atomic E-state index is 0.735. The number of hydrogen-bond acceptors (Lipinski definition) is 3. The SMILES string of the molecule is Cc1ccccc1COCCN1CCNCC1. The average molecular weight is 234 g/mol. The molecule has 1 aromatic carbocycles. The van der Waals surface area contributed by atoms with Gasteiger partial charge in [0.05, 0.1) is 13.2 Å². The monoisotopic (exact) mass is 234 g/mol. The Bertz CT molecular complexity index is 335. The van der Waals surface area contributed by atoms with Crippen LogP contribution in [0, 0.1) is 6.92 Å². The molecule has 0 spiro atoms. The summed E-state index contributed by atoms with van der Waals surface area (Å²) in [6.07, 6.45) is 0. The third-order valence-corrected chi connectivity index (χ3v) is 3.28. The van der Waals surface area contributed by atoms with E-state index in [9.17, 15) is 0 Å². The molecular formula is C14H22N2O. The second kappa shape index (κ2) is 6.74. The van der Waals surface area contributed by atoms with Gasteiger partial charge in [-0.1, -0.05) is 24.3 Å². The quantitative estimate of drug-likeness (QED) is 0.780. The predicted molar refractivity (Wildman–Crippen MR) is 70.1 cm³/mol. The number of aryl methyl sites for hydroxylation is 1.